The van der Waals surface area contributed by atoms with Gasteiger partial charge in [-0.05, 0) is 63.8 Å². The van der Waals surface area contributed by atoms with Crippen molar-refractivity contribution in [3.63, 3.8) is 0 Å². The number of ether oxygens (including phenoxy) is 2. The first kappa shape index (κ1) is 20.9. The van der Waals surface area contributed by atoms with Gasteiger partial charge in [0.1, 0.15) is 5.75 Å². The Balaban J connectivity index is 0.00000484. The van der Waals surface area contributed by atoms with E-state index in [0.29, 0.717) is 24.4 Å². The number of carbonyl (C=O) groups excluding carboxylic acids is 2. The number of rotatable bonds is 10. The van der Waals surface area contributed by atoms with E-state index in [0.717, 1.165) is 31.4 Å². The van der Waals surface area contributed by atoms with E-state index in [1.807, 2.05) is 12.1 Å². The van der Waals surface area contributed by atoms with E-state index >= 15 is 0 Å². The van der Waals surface area contributed by atoms with E-state index in [1.54, 1.807) is 26.0 Å². The van der Waals surface area contributed by atoms with Crippen LogP contribution in [-0.2, 0) is 9.53 Å². The average molecular weight is 320 g/mol. The fourth-order valence-corrected chi connectivity index (χ4v) is 1.82. The number of esters is 1. The summed E-state index contributed by atoms with van der Waals surface area (Å²) in [6.45, 7) is 7.80. The van der Waals surface area contributed by atoms with Crippen molar-refractivity contribution < 1.29 is 19.1 Å². The molecule has 1 rings (SSSR count). The normalized spacial score (nSPS) is 9.65. The summed E-state index contributed by atoms with van der Waals surface area (Å²) in [6.07, 6.45) is 3.82. The lowest BCUT2D eigenvalue weighted by Crippen LogP contribution is -2.06. The molecule has 0 aliphatic rings. The number of hydrogen-bond donors (Lipinski definition) is 0. The highest BCUT2D eigenvalue weighted by atomic mass is 16.5. The predicted octanol–water partition coefficient (Wildman–Crippen LogP) is 4.58. The molecule has 0 amide bonds. The number of hydrogen-bond acceptors (Lipinski definition) is 4. The van der Waals surface area contributed by atoms with Crippen molar-refractivity contribution in [1.29, 1.82) is 0 Å². The number of unbranched alkanes of at least 4 members (excludes halogenated alkanes) is 3. The second-order valence-corrected chi connectivity index (χ2v) is 5.26. The second kappa shape index (κ2) is 11.5. The summed E-state index contributed by atoms with van der Waals surface area (Å²) in [5.41, 5.74) is 1.13. The number of carbonyl (C=O) groups is 2. The van der Waals surface area contributed by atoms with Crippen LogP contribution in [0, 0.1) is 0 Å². The van der Waals surface area contributed by atoms with Gasteiger partial charge in [-0.2, -0.15) is 0 Å². The first-order valence-electron chi connectivity index (χ1n) is 7.57. The van der Waals surface area contributed by atoms with Gasteiger partial charge in [0.2, 0.25) is 0 Å². The average Bonchev–Trinajstić information content (AvgIpc) is 2.50. The molecule has 0 fully saturated rings. The SMILES string of the molecule is C.C=C(C)C(=O)OCCCCCCOc1ccc(C(C)=O)cc1. The Kier molecular flexibility index (Phi) is 10.4. The molecule has 1 aromatic rings. The van der Waals surface area contributed by atoms with Gasteiger partial charge in [0.05, 0.1) is 13.2 Å². The maximum atomic E-state index is 11.1. The van der Waals surface area contributed by atoms with Crippen LogP contribution in [0.3, 0.4) is 0 Å². The van der Waals surface area contributed by atoms with Gasteiger partial charge < -0.3 is 9.47 Å². The van der Waals surface area contributed by atoms with Gasteiger partial charge in [0.25, 0.3) is 0 Å². The minimum Gasteiger partial charge on any atom is -0.494 e. The Bertz CT molecular complexity index is 503. The molecule has 23 heavy (non-hydrogen) atoms. The largest absolute Gasteiger partial charge is 0.494 e. The summed E-state index contributed by atoms with van der Waals surface area (Å²) < 4.78 is 10.6. The highest BCUT2D eigenvalue weighted by Crippen LogP contribution is 2.13. The fraction of sp³-hybridized carbons (Fsp3) is 0.474. The lowest BCUT2D eigenvalue weighted by atomic mass is 10.1. The molecule has 0 aliphatic heterocycles. The third kappa shape index (κ3) is 8.81. The smallest absolute Gasteiger partial charge is 0.333 e. The van der Waals surface area contributed by atoms with Crippen LogP contribution >= 0.6 is 0 Å². The molecule has 0 radical (unpaired) electrons. The Morgan fingerprint density at radius 1 is 0.957 bits per heavy atom. The Hall–Kier alpha value is -2.10. The molecule has 0 unspecified atom stereocenters. The van der Waals surface area contributed by atoms with Crippen LogP contribution in [0.2, 0.25) is 0 Å². The van der Waals surface area contributed by atoms with E-state index in [-0.39, 0.29) is 19.2 Å². The van der Waals surface area contributed by atoms with Crippen LogP contribution in [0.1, 0.15) is 57.3 Å². The molecule has 0 atom stereocenters. The second-order valence-electron chi connectivity index (χ2n) is 5.26. The highest BCUT2D eigenvalue weighted by molar-refractivity contribution is 5.94. The van der Waals surface area contributed by atoms with Gasteiger partial charge >= 0.3 is 5.97 Å². The van der Waals surface area contributed by atoms with Gasteiger partial charge in [-0.25, -0.2) is 4.79 Å². The van der Waals surface area contributed by atoms with E-state index in [9.17, 15) is 9.59 Å². The van der Waals surface area contributed by atoms with Crippen molar-refractivity contribution >= 4 is 11.8 Å². The monoisotopic (exact) mass is 320 g/mol. The summed E-state index contributed by atoms with van der Waals surface area (Å²) in [7, 11) is 0. The van der Waals surface area contributed by atoms with E-state index in [4.69, 9.17) is 9.47 Å². The fourth-order valence-electron chi connectivity index (χ4n) is 1.82. The topological polar surface area (TPSA) is 52.6 Å². The number of benzene rings is 1. The zero-order valence-corrected chi connectivity index (χ0v) is 13.4. The number of ketones is 1. The van der Waals surface area contributed by atoms with Crippen molar-refractivity contribution in [2.45, 2.75) is 47.0 Å². The van der Waals surface area contributed by atoms with Crippen molar-refractivity contribution in [3.05, 3.63) is 42.0 Å². The number of Topliss-reactive ketones (excluding diaryl/α,β-unsaturated/α-hetero) is 1. The van der Waals surface area contributed by atoms with Crippen LogP contribution in [-0.4, -0.2) is 25.0 Å². The Morgan fingerprint density at radius 2 is 1.52 bits per heavy atom. The molecule has 0 heterocycles. The third-order valence-corrected chi connectivity index (χ3v) is 3.15. The molecular weight excluding hydrogens is 292 g/mol. The minimum absolute atomic E-state index is 0. The van der Waals surface area contributed by atoms with Crippen molar-refractivity contribution in [2.24, 2.45) is 0 Å². The molecule has 0 saturated carbocycles. The first-order chi connectivity index (χ1) is 10.5. The molecule has 0 N–H and O–H groups in total. The van der Waals surface area contributed by atoms with Gasteiger partial charge in [-0.3, -0.25) is 4.79 Å². The summed E-state index contributed by atoms with van der Waals surface area (Å²) in [5.74, 6) is 0.511. The molecule has 0 saturated heterocycles. The van der Waals surface area contributed by atoms with E-state index in [2.05, 4.69) is 6.58 Å². The summed E-state index contributed by atoms with van der Waals surface area (Å²) >= 11 is 0. The van der Waals surface area contributed by atoms with Crippen molar-refractivity contribution in [2.75, 3.05) is 13.2 Å². The van der Waals surface area contributed by atoms with Crippen molar-refractivity contribution in [3.8, 4) is 5.75 Å². The lowest BCUT2D eigenvalue weighted by molar-refractivity contribution is -0.139. The maximum Gasteiger partial charge on any atom is 0.333 e. The predicted molar refractivity (Wildman–Crippen MR) is 92.9 cm³/mol. The van der Waals surface area contributed by atoms with Gasteiger partial charge in [0, 0.05) is 11.1 Å². The highest BCUT2D eigenvalue weighted by Gasteiger charge is 2.02. The molecule has 1 aromatic carbocycles. The first-order valence-corrected chi connectivity index (χ1v) is 7.57. The Labute approximate surface area is 139 Å². The van der Waals surface area contributed by atoms with E-state index < -0.39 is 0 Å². The van der Waals surface area contributed by atoms with Crippen LogP contribution in [0.15, 0.2) is 36.4 Å². The summed E-state index contributed by atoms with van der Waals surface area (Å²) in [5, 5.41) is 0. The zero-order chi connectivity index (χ0) is 16.4. The van der Waals surface area contributed by atoms with Crippen LogP contribution in [0.25, 0.3) is 0 Å². The summed E-state index contributed by atoms with van der Waals surface area (Å²) in [4.78, 5) is 22.3. The van der Waals surface area contributed by atoms with Gasteiger partial charge in [0.15, 0.2) is 5.78 Å². The molecule has 0 aromatic heterocycles. The van der Waals surface area contributed by atoms with Crippen LogP contribution < -0.4 is 4.74 Å². The van der Waals surface area contributed by atoms with Crippen molar-refractivity contribution in [1.82, 2.24) is 0 Å². The van der Waals surface area contributed by atoms with Crippen LogP contribution in [0.5, 0.6) is 5.75 Å². The van der Waals surface area contributed by atoms with Crippen LogP contribution in [0.4, 0.5) is 0 Å². The standard InChI is InChI=1S/C18H24O4.CH4/c1-14(2)18(20)22-13-7-5-4-6-12-21-17-10-8-16(9-11-17)15(3)19;/h8-11H,1,4-7,12-13H2,2-3H3;1H4. The third-order valence-electron chi connectivity index (χ3n) is 3.15. The van der Waals surface area contributed by atoms with Gasteiger partial charge in [-0.1, -0.05) is 14.0 Å². The molecule has 128 valence electrons. The zero-order valence-electron chi connectivity index (χ0n) is 13.4. The quantitative estimate of drug-likeness (QED) is 0.274. The Morgan fingerprint density at radius 3 is 2.04 bits per heavy atom. The van der Waals surface area contributed by atoms with E-state index in [1.165, 1.54) is 0 Å². The molecule has 0 spiro atoms. The molecule has 4 heteroatoms. The minimum atomic E-state index is -0.322. The molecule has 0 bridgehead atoms. The molecule has 4 nitrogen and oxygen atoms in total. The summed E-state index contributed by atoms with van der Waals surface area (Å²) in [6, 6.07) is 7.17. The van der Waals surface area contributed by atoms with Gasteiger partial charge in [-0.15, -0.1) is 0 Å². The molecular formula is C19H28O4. The lowest BCUT2D eigenvalue weighted by Gasteiger charge is -2.07. The maximum absolute atomic E-state index is 11.1. The molecule has 0 aliphatic carbocycles.